The van der Waals surface area contributed by atoms with Crippen LogP contribution in [0.5, 0.6) is 5.75 Å². The third-order valence-corrected chi connectivity index (χ3v) is 5.44. The molecule has 0 fully saturated rings. The summed E-state index contributed by atoms with van der Waals surface area (Å²) in [5, 5.41) is 4.83. The van der Waals surface area contributed by atoms with Gasteiger partial charge >= 0.3 is 0 Å². The summed E-state index contributed by atoms with van der Waals surface area (Å²) >= 11 is 12.4. The summed E-state index contributed by atoms with van der Waals surface area (Å²) in [6.07, 6.45) is 2.20. The molecule has 1 atom stereocenters. The summed E-state index contributed by atoms with van der Waals surface area (Å²) in [4.78, 5) is 0. The van der Waals surface area contributed by atoms with Gasteiger partial charge in [-0.3, -0.25) is 0 Å². The van der Waals surface area contributed by atoms with Gasteiger partial charge < -0.3 is 10.1 Å². The fraction of sp³-hybridized carbons (Fsp3) is 0.250. The van der Waals surface area contributed by atoms with Crippen molar-refractivity contribution in [3.63, 3.8) is 0 Å². The van der Waals surface area contributed by atoms with Crippen molar-refractivity contribution in [1.82, 2.24) is 5.32 Å². The highest BCUT2D eigenvalue weighted by Gasteiger charge is 2.07. The molecule has 1 N–H and O–H groups in total. The Balaban J connectivity index is 1.44. The Labute approximate surface area is 177 Å². The van der Waals surface area contributed by atoms with Crippen molar-refractivity contribution >= 4 is 23.2 Å². The van der Waals surface area contributed by atoms with Gasteiger partial charge in [0.25, 0.3) is 0 Å². The summed E-state index contributed by atoms with van der Waals surface area (Å²) in [7, 11) is 0. The third kappa shape index (κ3) is 6.27. The van der Waals surface area contributed by atoms with Crippen molar-refractivity contribution in [2.45, 2.75) is 39.0 Å². The molecule has 0 saturated heterocycles. The lowest BCUT2D eigenvalue weighted by atomic mass is 10.1. The van der Waals surface area contributed by atoms with Gasteiger partial charge in [-0.2, -0.15) is 0 Å². The molecule has 28 heavy (non-hydrogen) atoms. The lowest BCUT2D eigenvalue weighted by Gasteiger charge is -2.14. The Morgan fingerprint density at radius 1 is 0.821 bits per heavy atom. The summed E-state index contributed by atoms with van der Waals surface area (Å²) < 4.78 is 5.83. The molecule has 146 valence electrons. The zero-order valence-corrected chi connectivity index (χ0v) is 17.5. The van der Waals surface area contributed by atoms with Gasteiger partial charge in [-0.25, -0.2) is 0 Å². The van der Waals surface area contributed by atoms with Crippen LogP contribution in [0.2, 0.25) is 10.0 Å². The number of hydrogen-bond acceptors (Lipinski definition) is 2. The molecule has 0 aromatic heterocycles. The van der Waals surface area contributed by atoms with E-state index in [1.807, 2.05) is 30.3 Å². The molecular weight excluding hydrogens is 389 g/mol. The molecule has 0 aliphatic rings. The van der Waals surface area contributed by atoms with Crippen LogP contribution < -0.4 is 10.1 Å². The molecule has 0 heterocycles. The smallest absolute Gasteiger partial charge is 0.119 e. The Morgan fingerprint density at radius 2 is 1.50 bits per heavy atom. The van der Waals surface area contributed by atoms with E-state index in [0.29, 0.717) is 22.7 Å². The van der Waals surface area contributed by atoms with Crippen molar-refractivity contribution in [2.24, 2.45) is 0 Å². The molecule has 0 aliphatic carbocycles. The van der Waals surface area contributed by atoms with Crippen LogP contribution in [-0.2, 0) is 19.6 Å². The van der Waals surface area contributed by atoms with Gasteiger partial charge in [0, 0.05) is 28.2 Å². The maximum absolute atomic E-state index is 6.18. The summed E-state index contributed by atoms with van der Waals surface area (Å²) in [6.45, 7) is 3.42. The van der Waals surface area contributed by atoms with E-state index in [9.17, 15) is 0 Å². The lowest BCUT2D eigenvalue weighted by molar-refractivity contribution is 0.306. The number of aryl methyl sites for hydroxylation is 1. The Hall–Kier alpha value is -2.00. The van der Waals surface area contributed by atoms with Gasteiger partial charge in [0.1, 0.15) is 12.4 Å². The van der Waals surface area contributed by atoms with Crippen LogP contribution in [0.1, 0.15) is 30.0 Å². The zero-order chi connectivity index (χ0) is 19.8. The Kier molecular flexibility index (Phi) is 7.79. The molecule has 3 aromatic carbocycles. The van der Waals surface area contributed by atoms with Crippen molar-refractivity contribution in [3.8, 4) is 5.75 Å². The van der Waals surface area contributed by atoms with E-state index in [2.05, 4.69) is 54.7 Å². The number of halogens is 2. The van der Waals surface area contributed by atoms with Crippen LogP contribution >= 0.6 is 23.2 Å². The van der Waals surface area contributed by atoms with Gasteiger partial charge in [0.2, 0.25) is 0 Å². The highest BCUT2D eigenvalue weighted by atomic mass is 35.5. The molecule has 4 heteroatoms. The summed E-state index contributed by atoms with van der Waals surface area (Å²) in [5.74, 6) is 0.803. The second-order valence-corrected chi connectivity index (χ2v) is 7.75. The minimum absolute atomic E-state index is 0.354. The molecule has 3 rings (SSSR count). The van der Waals surface area contributed by atoms with Crippen molar-refractivity contribution in [2.75, 3.05) is 0 Å². The second-order valence-electron chi connectivity index (χ2n) is 6.94. The van der Waals surface area contributed by atoms with E-state index in [-0.39, 0.29) is 0 Å². The van der Waals surface area contributed by atoms with E-state index in [4.69, 9.17) is 27.9 Å². The van der Waals surface area contributed by atoms with Crippen LogP contribution in [-0.4, -0.2) is 6.04 Å². The molecule has 0 unspecified atom stereocenters. The highest BCUT2D eigenvalue weighted by molar-refractivity contribution is 6.35. The average Bonchev–Trinajstić information content (AvgIpc) is 2.72. The fourth-order valence-electron chi connectivity index (χ4n) is 2.95. The van der Waals surface area contributed by atoms with Crippen LogP contribution in [0.4, 0.5) is 0 Å². The number of rotatable bonds is 9. The summed E-state index contributed by atoms with van der Waals surface area (Å²) in [5.41, 5.74) is 3.43. The molecular formula is C24H25Cl2NO. The van der Waals surface area contributed by atoms with Gasteiger partial charge in [0.05, 0.1) is 0 Å². The molecule has 0 radical (unpaired) electrons. The van der Waals surface area contributed by atoms with Crippen molar-refractivity contribution in [3.05, 3.63) is 99.5 Å². The van der Waals surface area contributed by atoms with E-state index >= 15 is 0 Å². The first-order valence-corrected chi connectivity index (χ1v) is 10.3. The van der Waals surface area contributed by atoms with Gasteiger partial charge in [-0.15, -0.1) is 0 Å². The monoisotopic (exact) mass is 413 g/mol. The number of benzene rings is 3. The van der Waals surface area contributed by atoms with Crippen LogP contribution in [0.3, 0.4) is 0 Å². The maximum Gasteiger partial charge on any atom is 0.119 e. The fourth-order valence-corrected chi connectivity index (χ4v) is 3.46. The van der Waals surface area contributed by atoms with Gasteiger partial charge in [0.15, 0.2) is 0 Å². The van der Waals surface area contributed by atoms with Crippen LogP contribution in [0.25, 0.3) is 0 Å². The zero-order valence-electron chi connectivity index (χ0n) is 16.0. The molecule has 0 amide bonds. The maximum atomic E-state index is 6.18. The Morgan fingerprint density at radius 3 is 2.18 bits per heavy atom. The Bertz CT molecular complexity index is 845. The number of ether oxygens (including phenoxy) is 1. The molecule has 2 nitrogen and oxygen atoms in total. The topological polar surface area (TPSA) is 21.3 Å². The third-order valence-electron chi connectivity index (χ3n) is 4.73. The molecule has 0 spiro atoms. The van der Waals surface area contributed by atoms with Crippen molar-refractivity contribution < 1.29 is 4.74 Å². The van der Waals surface area contributed by atoms with Gasteiger partial charge in [-0.05, 0) is 55.2 Å². The van der Waals surface area contributed by atoms with Gasteiger partial charge in [-0.1, -0.05) is 71.7 Å². The average molecular weight is 414 g/mol. The molecule has 0 bridgehead atoms. The summed E-state index contributed by atoms with van der Waals surface area (Å²) in [6, 6.07) is 24.7. The molecule has 3 aromatic rings. The predicted molar refractivity (Wildman–Crippen MR) is 118 cm³/mol. The largest absolute Gasteiger partial charge is 0.489 e. The first-order valence-electron chi connectivity index (χ1n) is 9.54. The molecule has 0 saturated carbocycles. The minimum atomic E-state index is 0.354. The lowest BCUT2D eigenvalue weighted by Crippen LogP contribution is -2.25. The van der Waals surface area contributed by atoms with E-state index in [1.165, 1.54) is 11.1 Å². The molecule has 0 aliphatic heterocycles. The highest BCUT2D eigenvalue weighted by Crippen LogP contribution is 2.26. The number of nitrogens with one attached hydrogen (secondary N) is 1. The van der Waals surface area contributed by atoms with E-state index in [1.54, 1.807) is 0 Å². The first kappa shape index (κ1) is 20.7. The predicted octanol–water partition coefficient (Wildman–Crippen LogP) is 6.68. The van der Waals surface area contributed by atoms with Crippen LogP contribution in [0, 0.1) is 0 Å². The minimum Gasteiger partial charge on any atom is -0.489 e. The van der Waals surface area contributed by atoms with Crippen molar-refractivity contribution in [1.29, 1.82) is 0 Å². The standard InChI is InChI=1S/C24H25Cl2NO/c1-18(10-11-19-6-3-2-4-7-19)27-16-20-12-14-21(15-13-20)28-17-22-23(25)8-5-9-24(22)26/h2-9,12-15,18,27H,10-11,16-17H2,1H3/t18-/m1/s1. The normalized spacial score (nSPS) is 12.0. The second kappa shape index (κ2) is 10.5. The SMILES string of the molecule is C[C@H](CCc1ccccc1)NCc1ccc(OCc2c(Cl)cccc2Cl)cc1. The van der Waals surface area contributed by atoms with E-state index < -0.39 is 0 Å². The van der Waals surface area contributed by atoms with E-state index in [0.717, 1.165) is 30.7 Å². The first-order chi connectivity index (χ1) is 13.6. The van der Waals surface area contributed by atoms with Crippen LogP contribution in [0.15, 0.2) is 72.8 Å². The number of hydrogen-bond donors (Lipinski definition) is 1. The quantitative estimate of drug-likeness (QED) is 0.422.